The van der Waals surface area contributed by atoms with Crippen LogP contribution in [0.4, 0.5) is 5.69 Å². The molecule has 2 aliphatic heterocycles. The quantitative estimate of drug-likeness (QED) is 0.568. The van der Waals surface area contributed by atoms with Gasteiger partial charge in [-0.1, -0.05) is 18.2 Å². The van der Waals surface area contributed by atoms with Gasteiger partial charge in [0.15, 0.2) is 0 Å². The maximum atomic E-state index is 9.61. The molecule has 5 rings (SSSR count). The summed E-state index contributed by atoms with van der Waals surface area (Å²) in [6.45, 7) is 2.99. The first-order valence-corrected chi connectivity index (χ1v) is 11.1. The Morgan fingerprint density at radius 2 is 1.58 bits per heavy atom. The van der Waals surface area contributed by atoms with E-state index in [1.54, 1.807) is 0 Å². The molecule has 0 bridgehead atoms. The van der Waals surface area contributed by atoms with Crippen molar-refractivity contribution in [1.82, 2.24) is 9.47 Å². The maximum Gasteiger partial charge on any atom is 0.0973 e. The van der Waals surface area contributed by atoms with E-state index in [0.717, 1.165) is 22.5 Å². The number of rotatable bonds is 3. The SMILES string of the molecule is CN1C=CC(c2ccc(-c3ccc4cc(N5CCCCC5)ccc4c3)n2C)=C(C#N)C1. The summed E-state index contributed by atoms with van der Waals surface area (Å²) in [6, 6.07) is 20.2. The number of hydrogen-bond donors (Lipinski definition) is 0. The predicted octanol–water partition coefficient (Wildman–Crippen LogP) is 5.57. The van der Waals surface area contributed by atoms with Crippen LogP contribution in [0.5, 0.6) is 0 Å². The Bertz CT molecular complexity index is 1230. The Morgan fingerprint density at radius 1 is 0.839 bits per heavy atom. The molecule has 1 aromatic heterocycles. The number of benzene rings is 2. The van der Waals surface area contributed by atoms with Gasteiger partial charge in [-0.2, -0.15) is 5.26 Å². The van der Waals surface area contributed by atoms with Crippen LogP contribution in [0.1, 0.15) is 25.0 Å². The number of aromatic nitrogens is 1. The highest BCUT2D eigenvalue weighted by Gasteiger charge is 2.17. The van der Waals surface area contributed by atoms with Gasteiger partial charge < -0.3 is 14.4 Å². The Balaban J connectivity index is 1.49. The van der Waals surface area contributed by atoms with Crippen LogP contribution in [0.25, 0.3) is 27.6 Å². The molecule has 0 spiro atoms. The molecule has 156 valence electrons. The van der Waals surface area contributed by atoms with Crippen molar-refractivity contribution in [2.24, 2.45) is 7.05 Å². The zero-order valence-corrected chi connectivity index (χ0v) is 18.3. The van der Waals surface area contributed by atoms with E-state index in [1.165, 1.54) is 54.4 Å². The Labute approximate surface area is 184 Å². The first-order valence-electron chi connectivity index (χ1n) is 11.1. The third-order valence-electron chi connectivity index (χ3n) is 6.60. The molecule has 0 saturated carbocycles. The summed E-state index contributed by atoms with van der Waals surface area (Å²) in [5, 5.41) is 12.2. The number of nitrogens with zero attached hydrogens (tertiary/aromatic N) is 4. The lowest BCUT2D eigenvalue weighted by Gasteiger charge is -2.29. The molecule has 0 N–H and O–H groups in total. The Morgan fingerprint density at radius 3 is 2.39 bits per heavy atom. The van der Waals surface area contributed by atoms with E-state index in [4.69, 9.17) is 0 Å². The monoisotopic (exact) mass is 408 g/mol. The number of allylic oxidation sites excluding steroid dienone is 2. The first-order chi connectivity index (χ1) is 15.1. The second-order valence-corrected chi connectivity index (χ2v) is 8.69. The molecule has 0 radical (unpaired) electrons. The van der Waals surface area contributed by atoms with Gasteiger partial charge in [-0.15, -0.1) is 0 Å². The minimum atomic E-state index is 0.651. The highest BCUT2D eigenvalue weighted by molar-refractivity contribution is 5.90. The Hall–Kier alpha value is -3.45. The van der Waals surface area contributed by atoms with E-state index >= 15 is 0 Å². The van der Waals surface area contributed by atoms with E-state index in [9.17, 15) is 5.26 Å². The van der Waals surface area contributed by atoms with Gasteiger partial charge in [0, 0.05) is 49.8 Å². The summed E-state index contributed by atoms with van der Waals surface area (Å²) in [6.07, 6.45) is 8.03. The second-order valence-electron chi connectivity index (χ2n) is 8.69. The van der Waals surface area contributed by atoms with Crippen LogP contribution in [0.2, 0.25) is 0 Å². The van der Waals surface area contributed by atoms with E-state index in [0.29, 0.717) is 6.54 Å². The zero-order chi connectivity index (χ0) is 21.4. The number of likely N-dealkylation sites (N-methyl/N-ethyl adjacent to an activating group) is 1. The minimum Gasteiger partial charge on any atom is -0.375 e. The van der Waals surface area contributed by atoms with Crippen LogP contribution >= 0.6 is 0 Å². The van der Waals surface area contributed by atoms with E-state index in [1.807, 2.05) is 24.2 Å². The van der Waals surface area contributed by atoms with Gasteiger partial charge in [0.2, 0.25) is 0 Å². The van der Waals surface area contributed by atoms with E-state index in [-0.39, 0.29) is 0 Å². The smallest absolute Gasteiger partial charge is 0.0973 e. The molecule has 3 heterocycles. The predicted molar refractivity (Wildman–Crippen MR) is 129 cm³/mol. The maximum absolute atomic E-state index is 9.61. The van der Waals surface area contributed by atoms with Crippen molar-refractivity contribution in [1.29, 1.82) is 5.26 Å². The summed E-state index contributed by atoms with van der Waals surface area (Å²) >= 11 is 0. The van der Waals surface area contributed by atoms with E-state index < -0.39 is 0 Å². The van der Waals surface area contributed by atoms with Gasteiger partial charge in [0.1, 0.15) is 0 Å². The highest BCUT2D eigenvalue weighted by atomic mass is 15.1. The molecular weight excluding hydrogens is 380 g/mol. The number of hydrogen-bond acceptors (Lipinski definition) is 3. The minimum absolute atomic E-state index is 0.651. The fourth-order valence-electron chi connectivity index (χ4n) is 4.84. The topological polar surface area (TPSA) is 35.2 Å². The van der Waals surface area contributed by atoms with Gasteiger partial charge in [-0.25, -0.2) is 0 Å². The first kappa shape index (κ1) is 19.5. The summed E-state index contributed by atoms with van der Waals surface area (Å²) in [5.74, 6) is 0. The highest BCUT2D eigenvalue weighted by Crippen LogP contribution is 2.32. The molecule has 0 amide bonds. The molecule has 1 saturated heterocycles. The van der Waals surface area contributed by atoms with Crippen molar-refractivity contribution in [3.05, 3.63) is 72.1 Å². The van der Waals surface area contributed by atoms with Gasteiger partial charge in [0.05, 0.1) is 18.2 Å². The summed E-state index contributed by atoms with van der Waals surface area (Å²) in [4.78, 5) is 4.54. The summed E-state index contributed by atoms with van der Waals surface area (Å²) in [7, 11) is 4.08. The molecule has 2 aromatic carbocycles. The lowest BCUT2D eigenvalue weighted by molar-refractivity contribution is 0.498. The van der Waals surface area contributed by atoms with Crippen LogP contribution in [0.3, 0.4) is 0 Å². The van der Waals surface area contributed by atoms with Crippen molar-refractivity contribution in [3.8, 4) is 17.3 Å². The van der Waals surface area contributed by atoms with Gasteiger partial charge in [0.25, 0.3) is 0 Å². The standard InChI is InChI=1S/C27H28N4/c1-29-15-12-25(23(18-28)19-29)27-11-10-26(30(27)2)22-7-6-21-17-24(9-8-20(21)16-22)31-13-4-3-5-14-31/h6-12,15-17H,3-5,13-14,19H2,1-2H3. The second kappa shape index (κ2) is 8.00. The zero-order valence-electron chi connectivity index (χ0n) is 18.3. The normalized spacial score (nSPS) is 16.8. The van der Waals surface area contributed by atoms with Gasteiger partial charge in [-0.3, -0.25) is 0 Å². The number of piperidine rings is 1. The van der Waals surface area contributed by atoms with Crippen molar-refractivity contribution < 1.29 is 0 Å². The van der Waals surface area contributed by atoms with Crippen LogP contribution in [-0.2, 0) is 7.05 Å². The lowest BCUT2D eigenvalue weighted by atomic mass is 10.0. The Kier molecular flexibility index (Phi) is 5.03. The van der Waals surface area contributed by atoms with Crippen LogP contribution in [0, 0.1) is 11.3 Å². The third kappa shape index (κ3) is 3.61. The number of anilines is 1. The van der Waals surface area contributed by atoms with Gasteiger partial charge >= 0.3 is 0 Å². The molecule has 4 nitrogen and oxygen atoms in total. The van der Waals surface area contributed by atoms with Crippen molar-refractivity contribution in [2.75, 3.05) is 31.6 Å². The summed E-state index contributed by atoms with van der Waals surface area (Å²) < 4.78 is 2.20. The molecule has 0 atom stereocenters. The molecule has 0 aliphatic carbocycles. The van der Waals surface area contributed by atoms with Crippen LogP contribution < -0.4 is 4.90 Å². The van der Waals surface area contributed by atoms with Crippen LogP contribution in [-0.4, -0.2) is 36.1 Å². The molecule has 31 heavy (non-hydrogen) atoms. The van der Waals surface area contributed by atoms with Gasteiger partial charge in [-0.05, 0) is 78.2 Å². The molecule has 2 aliphatic rings. The largest absolute Gasteiger partial charge is 0.375 e. The fourth-order valence-corrected chi connectivity index (χ4v) is 4.84. The third-order valence-corrected chi connectivity index (χ3v) is 6.60. The number of fused-ring (bicyclic) bond motifs is 1. The molecule has 4 heteroatoms. The van der Waals surface area contributed by atoms with Crippen molar-refractivity contribution in [2.45, 2.75) is 19.3 Å². The van der Waals surface area contributed by atoms with Crippen molar-refractivity contribution in [3.63, 3.8) is 0 Å². The summed E-state index contributed by atoms with van der Waals surface area (Å²) in [5.41, 5.74) is 6.60. The van der Waals surface area contributed by atoms with E-state index in [2.05, 4.69) is 71.1 Å². The molecule has 3 aromatic rings. The molecule has 0 unspecified atom stereocenters. The fraction of sp³-hybridized carbons (Fsp3) is 0.296. The molecular formula is C27H28N4. The molecule has 1 fully saturated rings. The average Bonchev–Trinajstić information content (AvgIpc) is 3.19. The lowest BCUT2D eigenvalue weighted by Crippen LogP contribution is -2.29. The number of nitriles is 1. The van der Waals surface area contributed by atoms with Crippen molar-refractivity contribution >= 4 is 22.0 Å². The average molecular weight is 409 g/mol. The van der Waals surface area contributed by atoms with Crippen LogP contribution in [0.15, 0.2) is 66.4 Å².